The summed E-state index contributed by atoms with van der Waals surface area (Å²) in [6, 6.07) is 8.16. The fraction of sp³-hybridized carbons (Fsp3) is 0.526. The highest BCUT2D eigenvalue weighted by molar-refractivity contribution is 5.81. The van der Waals surface area contributed by atoms with Crippen molar-refractivity contribution in [3.05, 3.63) is 40.2 Å². The van der Waals surface area contributed by atoms with E-state index in [1.54, 1.807) is 19.2 Å². The molecule has 0 spiro atoms. The lowest BCUT2D eigenvalue weighted by Gasteiger charge is -2.30. The minimum atomic E-state index is -0.335. The molecule has 1 N–H and O–H groups in total. The maximum atomic E-state index is 11.8. The van der Waals surface area contributed by atoms with Gasteiger partial charge in [-0.3, -0.25) is 4.90 Å². The molecule has 24 heavy (non-hydrogen) atoms. The average molecular weight is 332 g/mol. The van der Waals surface area contributed by atoms with Crippen molar-refractivity contribution in [3.8, 4) is 5.75 Å². The lowest BCUT2D eigenvalue weighted by atomic mass is 10.1. The molecule has 0 saturated heterocycles. The Morgan fingerprint density at radius 3 is 2.50 bits per heavy atom. The van der Waals surface area contributed by atoms with E-state index in [2.05, 4.69) is 37.9 Å². The Balaban J connectivity index is 2.06. The van der Waals surface area contributed by atoms with E-state index in [0.29, 0.717) is 30.0 Å². The Morgan fingerprint density at radius 1 is 1.17 bits per heavy atom. The molecule has 2 rings (SSSR count). The van der Waals surface area contributed by atoms with Crippen molar-refractivity contribution in [1.29, 1.82) is 0 Å². The van der Waals surface area contributed by atoms with Crippen LogP contribution in [0.1, 0.15) is 33.3 Å². The Hall–Kier alpha value is -1.85. The van der Waals surface area contributed by atoms with Gasteiger partial charge in [0.1, 0.15) is 11.3 Å². The molecule has 0 unspecified atom stereocenters. The molecule has 0 saturated carbocycles. The van der Waals surface area contributed by atoms with Crippen LogP contribution in [0.15, 0.2) is 33.5 Å². The van der Waals surface area contributed by atoms with Gasteiger partial charge in [0.05, 0.1) is 7.11 Å². The Kier molecular flexibility index (Phi) is 6.40. The quantitative estimate of drug-likeness (QED) is 0.595. The molecule has 5 nitrogen and oxygen atoms in total. The smallest absolute Gasteiger partial charge is 0.336 e. The minimum Gasteiger partial charge on any atom is -0.497 e. The van der Waals surface area contributed by atoms with Crippen LogP contribution in [0.4, 0.5) is 0 Å². The van der Waals surface area contributed by atoms with Gasteiger partial charge < -0.3 is 14.5 Å². The molecule has 0 aliphatic carbocycles. The van der Waals surface area contributed by atoms with Crippen molar-refractivity contribution in [2.24, 2.45) is 0 Å². The number of hydrogen-bond acceptors (Lipinski definition) is 5. The second-order valence-corrected chi connectivity index (χ2v) is 6.55. The predicted octanol–water partition coefficient (Wildman–Crippen LogP) is 3.01. The van der Waals surface area contributed by atoms with Crippen molar-refractivity contribution in [2.45, 2.75) is 46.3 Å². The van der Waals surface area contributed by atoms with E-state index in [1.165, 1.54) is 0 Å². The van der Waals surface area contributed by atoms with Gasteiger partial charge >= 0.3 is 5.63 Å². The Labute approximate surface area is 143 Å². The first kappa shape index (κ1) is 18.5. The van der Waals surface area contributed by atoms with E-state index < -0.39 is 0 Å². The summed E-state index contributed by atoms with van der Waals surface area (Å²) < 4.78 is 10.5. The van der Waals surface area contributed by atoms with E-state index in [0.717, 1.165) is 24.0 Å². The average Bonchev–Trinajstić information content (AvgIpc) is 2.52. The summed E-state index contributed by atoms with van der Waals surface area (Å²) in [5.41, 5.74) is 1.17. The van der Waals surface area contributed by atoms with Crippen LogP contribution in [-0.2, 0) is 6.54 Å². The lowest BCUT2D eigenvalue weighted by Crippen LogP contribution is -2.41. The molecular weight excluding hydrogens is 304 g/mol. The molecule has 0 radical (unpaired) electrons. The molecule has 1 aromatic carbocycles. The molecule has 5 heteroatoms. The predicted molar refractivity (Wildman–Crippen MR) is 97.7 cm³/mol. The minimum absolute atomic E-state index is 0.335. The molecule has 0 atom stereocenters. The molecule has 0 fully saturated rings. The zero-order chi connectivity index (χ0) is 17.7. The number of fused-ring (bicyclic) bond motifs is 1. The van der Waals surface area contributed by atoms with Gasteiger partial charge in [-0.05, 0) is 45.4 Å². The summed E-state index contributed by atoms with van der Waals surface area (Å²) in [7, 11) is 1.60. The van der Waals surface area contributed by atoms with E-state index in [9.17, 15) is 4.79 Å². The van der Waals surface area contributed by atoms with Crippen LogP contribution in [0.25, 0.3) is 11.0 Å². The lowest BCUT2D eigenvalue weighted by molar-refractivity contribution is 0.176. The van der Waals surface area contributed by atoms with Crippen molar-refractivity contribution < 1.29 is 9.15 Å². The van der Waals surface area contributed by atoms with E-state index in [4.69, 9.17) is 9.15 Å². The first-order valence-electron chi connectivity index (χ1n) is 8.49. The molecule has 0 aliphatic heterocycles. The van der Waals surface area contributed by atoms with Crippen LogP contribution in [0.2, 0.25) is 0 Å². The zero-order valence-corrected chi connectivity index (χ0v) is 15.3. The summed E-state index contributed by atoms with van der Waals surface area (Å²) in [6.07, 6.45) is 0. The second kappa shape index (κ2) is 8.31. The second-order valence-electron chi connectivity index (χ2n) is 6.55. The third-order valence-corrected chi connectivity index (χ3v) is 4.23. The van der Waals surface area contributed by atoms with Gasteiger partial charge in [0.25, 0.3) is 0 Å². The molecule has 0 aliphatic rings. The topological polar surface area (TPSA) is 54.7 Å². The van der Waals surface area contributed by atoms with Crippen molar-refractivity contribution in [1.82, 2.24) is 10.2 Å². The number of methoxy groups -OCH3 is 1. The summed E-state index contributed by atoms with van der Waals surface area (Å²) in [6.45, 7) is 11.3. The van der Waals surface area contributed by atoms with Crippen LogP contribution in [0.5, 0.6) is 5.75 Å². The van der Waals surface area contributed by atoms with Gasteiger partial charge in [-0.1, -0.05) is 0 Å². The van der Waals surface area contributed by atoms with Crippen molar-refractivity contribution in [3.63, 3.8) is 0 Å². The SMILES string of the molecule is COc1ccc2c(CNCCN(C(C)C)C(C)C)cc(=O)oc2c1. The monoisotopic (exact) mass is 332 g/mol. The normalized spacial score (nSPS) is 11.8. The molecule has 0 amide bonds. The molecule has 1 heterocycles. The fourth-order valence-electron chi connectivity index (χ4n) is 3.03. The van der Waals surface area contributed by atoms with Crippen LogP contribution < -0.4 is 15.7 Å². The van der Waals surface area contributed by atoms with Crippen molar-refractivity contribution in [2.75, 3.05) is 20.2 Å². The third-order valence-electron chi connectivity index (χ3n) is 4.23. The van der Waals surface area contributed by atoms with Crippen LogP contribution in [-0.4, -0.2) is 37.2 Å². The molecule has 132 valence electrons. The molecule has 0 bridgehead atoms. The van der Waals surface area contributed by atoms with E-state index in [1.807, 2.05) is 12.1 Å². The highest BCUT2D eigenvalue weighted by Crippen LogP contribution is 2.22. The van der Waals surface area contributed by atoms with E-state index in [-0.39, 0.29) is 5.63 Å². The largest absolute Gasteiger partial charge is 0.497 e. The molecule has 1 aromatic heterocycles. The van der Waals surface area contributed by atoms with Gasteiger partial charge in [0, 0.05) is 49.2 Å². The van der Waals surface area contributed by atoms with Crippen LogP contribution >= 0.6 is 0 Å². The van der Waals surface area contributed by atoms with Gasteiger partial charge in [-0.15, -0.1) is 0 Å². The van der Waals surface area contributed by atoms with Gasteiger partial charge in [0.2, 0.25) is 0 Å². The Morgan fingerprint density at radius 2 is 1.88 bits per heavy atom. The highest BCUT2D eigenvalue weighted by atomic mass is 16.5. The zero-order valence-electron chi connectivity index (χ0n) is 15.3. The van der Waals surface area contributed by atoms with E-state index >= 15 is 0 Å². The first-order valence-corrected chi connectivity index (χ1v) is 8.49. The van der Waals surface area contributed by atoms with Crippen molar-refractivity contribution >= 4 is 11.0 Å². The first-order chi connectivity index (χ1) is 11.4. The third kappa shape index (κ3) is 4.58. The standard InChI is InChI=1S/C19H28N2O3/c1-13(2)21(14(3)4)9-8-20-12-15-10-19(22)24-18-11-16(23-5)6-7-17(15)18/h6-7,10-11,13-14,20H,8-9,12H2,1-5H3. The summed E-state index contributed by atoms with van der Waals surface area (Å²) >= 11 is 0. The van der Waals surface area contributed by atoms with Crippen LogP contribution in [0.3, 0.4) is 0 Å². The van der Waals surface area contributed by atoms with Gasteiger partial charge in [-0.25, -0.2) is 4.79 Å². The maximum Gasteiger partial charge on any atom is 0.336 e. The number of nitrogens with zero attached hydrogens (tertiary/aromatic N) is 1. The fourth-order valence-corrected chi connectivity index (χ4v) is 3.03. The number of benzene rings is 1. The number of hydrogen-bond donors (Lipinski definition) is 1. The number of rotatable bonds is 8. The van der Waals surface area contributed by atoms with Crippen LogP contribution in [0, 0.1) is 0 Å². The number of ether oxygens (including phenoxy) is 1. The summed E-state index contributed by atoms with van der Waals surface area (Å²) in [4.78, 5) is 14.2. The maximum absolute atomic E-state index is 11.8. The summed E-state index contributed by atoms with van der Waals surface area (Å²) in [5, 5.41) is 4.37. The number of nitrogens with one attached hydrogen (secondary N) is 1. The Bertz CT molecular complexity index is 714. The molecule has 2 aromatic rings. The molecular formula is C19H28N2O3. The summed E-state index contributed by atoms with van der Waals surface area (Å²) in [5.74, 6) is 0.681. The van der Waals surface area contributed by atoms with Gasteiger partial charge in [-0.2, -0.15) is 0 Å². The highest BCUT2D eigenvalue weighted by Gasteiger charge is 2.12. The van der Waals surface area contributed by atoms with Gasteiger partial charge in [0.15, 0.2) is 0 Å².